The van der Waals surface area contributed by atoms with Crippen LogP contribution in [0, 0.1) is 0 Å². The average Bonchev–Trinajstić information content (AvgIpc) is 3.37. The number of H-pyrrole nitrogens is 1. The van der Waals surface area contributed by atoms with Gasteiger partial charge in [0.25, 0.3) is 0 Å². The number of aryl methyl sites for hydroxylation is 1. The van der Waals surface area contributed by atoms with Crippen molar-refractivity contribution in [1.29, 1.82) is 0 Å². The predicted molar refractivity (Wildman–Crippen MR) is 112 cm³/mol. The highest BCUT2D eigenvalue weighted by Crippen LogP contribution is 2.36. The lowest BCUT2D eigenvalue weighted by Crippen LogP contribution is -2.10. The number of alkyl halides is 3. The summed E-state index contributed by atoms with van der Waals surface area (Å²) in [6.45, 7) is 1.69. The number of nitrogens with one attached hydrogen (secondary N) is 1. The van der Waals surface area contributed by atoms with Crippen molar-refractivity contribution in [1.82, 2.24) is 29.9 Å². The Labute approximate surface area is 179 Å². The second-order valence-electron chi connectivity index (χ2n) is 7.43. The van der Waals surface area contributed by atoms with Crippen LogP contribution < -0.4 is 4.74 Å². The Bertz CT molecular complexity index is 1440. The van der Waals surface area contributed by atoms with Crippen LogP contribution >= 0.6 is 0 Å². The maximum absolute atomic E-state index is 13.4. The predicted octanol–water partition coefficient (Wildman–Crippen LogP) is 5.07. The Morgan fingerprint density at radius 1 is 1.09 bits per heavy atom. The van der Waals surface area contributed by atoms with Gasteiger partial charge in [-0.25, -0.2) is 0 Å². The van der Waals surface area contributed by atoms with Crippen LogP contribution in [0.1, 0.15) is 24.2 Å². The third-order valence-corrected chi connectivity index (χ3v) is 5.19. The lowest BCUT2D eigenvalue weighted by atomic mass is 10.0. The molecule has 1 atom stereocenters. The molecule has 0 aliphatic heterocycles. The zero-order valence-electron chi connectivity index (χ0n) is 17.1. The second kappa shape index (κ2) is 7.33. The highest BCUT2D eigenvalue weighted by Gasteiger charge is 2.32. The van der Waals surface area contributed by atoms with Crippen molar-refractivity contribution in [2.75, 3.05) is 0 Å². The molecule has 3 aromatic heterocycles. The number of hydrogen-bond donors (Lipinski definition) is 1. The molecule has 2 aromatic carbocycles. The highest BCUT2D eigenvalue weighted by atomic mass is 19.4. The van der Waals surface area contributed by atoms with Gasteiger partial charge in [-0.15, -0.1) is 0 Å². The van der Waals surface area contributed by atoms with E-state index in [-0.39, 0.29) is 5.52 Å². The number of hydrogen-bond acceptors (Lipinski definition) is 5. The molecule has 0 saturated heterocycles. The second-order valence-corrected chi connectivity index (χ2v) is 7.43. The van der Waals surface area contributed by atoms with Gasteiger partial charge in [-0.2, -0.15) is 23.4 Å². The van der Waals surface area contributed by atoms with Crippen LogP contribution in [0.2, 0.25) is 0 Å². The molecule has 7 nitrogen and oxygen atoms in total. The van der Waals surface area contributed by atoms with Gasteiger partial charge in [0.2, 0.25) is 0 Å². The van der Waals surface area contributed by atoms with Gasteiger partial charge in [-0.05, 0) is 37.3 Å². The first kappa shape index (κ1) is 20.0. The van der Waals surface area contributed by atoms with E-state index in [1.54, 1.807) is 29.9 Å². The topological polar surface area (TPSA) is 81.5 Å². The zero-order valence-corrected chi connectivity index (χ0v) is 17.1. The van der Waals surface area contributed by atoms with Crippen molar-refractivity contribution in [2.24, 2.45) is 7.05 Å². The van der Waals surface area contributed by atoms with Gasteiger partial charge < -0.3 is 4.74 Å². The number of halogens is 3. The Hall–Kier alpha value is -3.95. The number of nitrogens with zero attached hydrogens (tertiary/aromatic N) is 5. The van der Waals surface area contributed by atoms with Gasteiger partial charge in [-0.3, -0.25) is 19.7 Å². The fraction of sp³-hybridized carbons (Fsp3) is 0.182. The van der Waals surface area contributed by atoms with Crippen LogP contribution in [0.15, 0.2) is 55.1 Å². The normalized spacial score (nSPS) is 13.0. The standard InChI is InChI=1S/C22H17F3N6O/c1-12(16-7-14(22(23,24)25)8-19-21(16)27-6-5-26-19)32-15-3-4-18-17(9-15)20(30-29-18)13-10-28-31(2)11-13/h3-12H,1-2H3,(H,29,30). The minimum Gasteiger partial charge on any atom is -0.486 e. The van der Waals surface area contributed by atoms with Gasteiger partial charge in [-0.1, -0.05) is 0 Å². The molecule has 10 heteroatoms. The van der Waals surface area contributed by atoms with E-state index in [0.717, 1.165) is 28.6 Å². The number of ether oxygens (including phenoxy) is 1. The lowest BCUT2D eigenvalue weighted by Gasteiger charge is -2.18. The van der Waals surface area contributed by atoms with Crippen LogP contribution in [0.4, 0.5) is 13.2 Å². The molecule has 0 aliphatic rings. The Balaban J connectivity index is 1.54. The molecule has 0 radical (unpaired) electrons. The van der Waals surface area contributed by atoms with E-state index in [9.17, 15) is 13.2 Å². The smallest absolute Gasteiger partial charge is 0.416 e. The van der Waals surface area contributed by atoms with Gasteiger partial charge in [0.15, 0.2) is 0 Å². The summed E-state index contributed by atoms with van der Waals surface area (Å²) in [6, 6.07) is 7.42. The van der Waals surface area contributed by atoms with E-state index >= 15 is 0 Å². The van der Waals surface area contributed by atoms with Crippen LogP contribution in [0.25, 0.3) is 33.2 Å². The summed E-state index contributed by atoms with van der Waals surface area (Å²) < 4.78 is 48.0. The fourth-order valence-electron chi connectivity index (χ4n) is 3.67. The summed E-state index contributed by atoms with van der Waals surface area (Å²) >= 11 is 0. The number of aromatic amines is 1. The molecular weight excluding hydrogens is 421 g/mol. The zero-order chi connectivity index (χ0) is 22.5. The Morgan fingerprint density at radius 3 is 2.66 bits per heavy atom. The number of aromatic nitrogens is 6. The molecule has 162 valence electrons. The van der Waals surface area contributed by atoms with E-state index in [1.165, 1.54) is 12.4 Å². The molecule has 1 N–H and O–H groups in total. The first-order valence-electron chi connectivity index (χ1n) is 9.75. The molecule has 0 bridgehead atoms. The van der Waals surface area contributed by atoms with Crippen molar-refractivity contribution in [2.45, 2.75) is 19.2 Å². The van der Waals surface area contributed by atoms with Crippen LogP contribution in [-0.2, 0) is 13.2 Å². The van der Waals surface area contributed by atoms with Crippen molar-refractivity contribution in [3.05, 3.63) is 66.2 Å². The van der Waals surface area contributed by atoms with Crippen molar-refractivity contribution in [3.8, 4) is 17.0 Å². The number of fused-ring (bicyclic) bond motifs is 2. The molecule has 0 amide bonds. The number of rotatable bonds is 4. The van der Waals surface area contributed by atoms with Crippen molar-refractivity contribution < 1.29 is 17.9 Å². The van der Waals surface area contributed by atoms with Crippen LogP contribution in [0.3, 0.4) is 0 Å². The third kappa shape index (κ3) is 3.53. The van der Waals surface area contributed by atoms with Gasteiger partial charge in [0, 0.05) is 42.2 Å². The van der Waals surface area contributed by atoms with Gasteiger partial charge in [0.1, 0.15) is 17.5 Å². The maximum Gasteiger partial charge on any atom is 0.416 e. The highest BCUT2D eigenvalue weighted by molar-refractivity contribution is 5.93. The Morgan fingerprint density at radius 2 is 1.91 bits per heavy atom. The maximum atomic E-state index is 13.4. The SMILES string of the molecule is CC(Oc1ccc2[nH]nc(-c3cnn(C)c3)c2c1)c1cc(C(F)(F)F)cc2nccnc12. The largest absolute Gasteiger partial charge is 0.486 e. The first-order valence-corrected chi connectivity index (χ1v) is 9.75. The minimum atomic E-state index is -4.51. The molecule has 3 heterocycles. The summed E-state index contributed by atoms with van der Waals surface area (Å²) in [5.41, 5.74) is 2.40. The van der Waals surface area contributed by atoms with Crippen LogP contribution in [-0.4, -0.2) is 29.9 Å². The lowest BCUT2D eigenvalue weighted by molar-refractivity contribution is -0.137. The molecule has 1 unspecified atom stereocenters. The third-order valence-electron chi connectivity index (χ3n) is 5.19. The Kier molecular flexibility index (Phi) is 4.58. The average molecular weight is 438 g/mol. The molecule has 0 aliphatic carbocycles. The molecule has 0 spiro atoms. The summed E-state index contributed by atoms with van der Waals surface area (Å²) in [7, 11) is 1.82. The molecular formula is C22H17F3N6O. The summed E-state index contributed by atoms with van der Waals surface area (Å²) in [5.74, 6) is 0.492. The monoisotopic (exact) mass is 438 g/mol. The molecule has 32 heavy (non-hydrogen) atoms. The van der Waals surface area contributed by atoms with E-state index in [4.69, 9.17) is 4.74 Å². The van der Waals surface area contributed by atoms with E-state index in [1.807, 2.05) is 19.3 Å². The first-order chi connectivity index (χ1) is 15.3. The summed E-state index contributed by atoms with van der Waals surface area (Å²) in [5, 5.41) is 12.3. The van der Waals surface area contributed by atoms with E-state index in [2.05, 4.69) is 25.3 Å². The molecule has 5 rings (SSSR count). The summed E-state index contributed by atoms with van der Waals surface area (Å²) in [6.07, 6.45) is 1.16. The molecule has 5 aromatic rings. The van der Waals surface area contributed by atoms with Gasteiger partial charge >= 0.3 is 6.18 Å². The van der Waals surface area contributed by atoms with E-state index in [0.29, 0.717) is 22.5 Å². The van der Waals surface area contributed by atoms with Crippen molar-refractivity contribution >= 4 is 21.9 Å². The number of benzene rings is 2. The van der Waals surface area contributed by atoms with Crippen molar-refractivity contribution in [3.63, 3.8) is 0 Å². The van der Waals surface area contributed by atoms with Crippen LogP contribution in [0.5, 0.6) is 5.75 Å². The summed E-state index contributed by atoms with van der Waals surface area (Å²) in [4.78, 5) is 8.28. The fourth-order valence-corrected chi connectivity index (χ4v) is 3.67. The van der Waals surface area contributed by atoms with Gasteiger partial charge in [0.05, 0.1) is 28.3 Å². The minimum absolute atomic E-state index is 0.164. The van der Waals surface area contributed by atoms with E-state index < -0.39 is 17.8 Å². The quantitative estimate of drug-likeness (QED) is 0.424. The molecule has 0 fully saturated rings. The molecule has 0 saturated carbocycles.